The highest BCUT2D eigenvalue weighted by Gasteiger charge is 2.25. The molecule has 0 bridgehead atoms. The van der Waals surface area contributed by atoms with Crippen LogP contribution in [0.5, 0.6) is 0 Å². The molecule has 0 saturated carbocycles. The van der Waals surface area contributed by atoms with Gasteiger partial charge in [0, 0.05) is 31.0 Å². The molecule has 0 amide bonds. The maximum absolute atomic E-state index is 11.9. The zero-order valence-electron chi connectivity index (χ0n) is 10.9. The van der Waals surface area contributed by atoms with Crippen molar-refractivity contribution < 1.29 is 13.2 Å². The smallest absolute Gasteiger partial charge is 0.313 e. The fraction of sp³-hybridized carbons (Fsp3) is 0.357. The monoisotopic (exact) mass is 283 g/mol. The van der Waals surface area contributed by atoms with Crippen molar-refractivity contribution in [3.8, 4) is 5.69 Å². The van der Waals surface area contributed by atoms with Crippen molar-refractivity contribution in [2.24, 2.45) is 0 Å². The second-order valence-electron chi connectivity index (χ2n) is 4.53. The van der Waals surface area contributed by atoms with Gasteiger partial charge in [0.05, 0.1) is 6.33 Å². The summed E-state index contributed by atoms with van der Waals surface area (Å²) in [6, 6.07) is 7.81. The molecule has 1 aromatic carbocycles. The van der Waals surface area contributed by atoms with E-state index in [-0.39, 0.29) is 6.42 Å². The van der Waals surface area contributed by atoms with E-state index in [0.29, 0.717) is 13.1 Å². The number of alkyl halides is 3. The van der Waals surface area contributed by atoms with Crippen LogP contribution in [0.15, 0.2) is 43.0 Å². The lowest BCUT2D eigenvalue weighted by molar-refractivity contribution is -0.135. The molecule has 0 radical (unpaired) electrons. The van der Waals surface area contributed by atoms with Crippen LogP contribution in [0, 0.1) is 0 Å². The van der Waals surface area contributed by atoms with E-state index in [1.807, 2.05) is 35.0 Å². The van der Waals surface area contributed by atoms with Crippen LogP contribution in [0.25, 0.3) is 5.69 Å². The molecule has 1 aromatic heterocycles. The van der Waals surface area contributed by atoms with E-state index in [2.05, 4.69) is 10.3 Å². The van der Waals surface area contributed by atoms with Gasteiger partial charge in [-0.05, 0) is 30.7 Å². The molecule has 108 valence electrons. The molecule has 0 aliphatic carbocycles. The average Bonchev–Trinajstić information content (AvgIpc) is 2.92. The van der Waals surface area contributed by atoms with Gasteiger partial charge in [-0.1, -0.05) is 12.1 Å². The summed E-state index contributed by atoms with van der Waals surface area (Å²) in [4.78, 5) is 3.97. The quantitative estimate of drug-likeness (QED) is 0.824. The SMILES string of the molecule is FC(F)(F)CCCNCc1ccc(-n2ccnc2)cc1. The molecule has 0 spiro atoms. The predicted octanol–water partition coefficient (Wildman–Crippen LogP) is 3.30. The summed E-state index contributed by atoms with van der Waals surface area (Å²) in [6.07, 6.45) is 0.579. The molecular weight excluding hydrogens is 267 g/mol. The van der Waals surface area contributed by atoms with E-state index in [1.54, 1.807) is 12.5 Å². The number of rotatable bonds is 6. The molecule has 0 saturated heterocycles. The first kappa shape index (κ1) is 14.6. The van der Waals surface area contributed by atoms with Crippen LogP contribution in [-0.4, -0.2) is 22.3 Å². The number of hydrogen-bond acceptors (Lipinski definition) is 2. The Morgan fingerprint density at radius 3 is 2.50 bits per heavy atom. The zero-order chi connectivity index (χ0) is 14.4. The van der Waals surface area contributed by atoms with E-state index in [0.717, 1.165) is 11.3 Å². The fourth-order valence-corrected chi connectivity index (χ4v) is 1.84. The van der Waals surface area contributed by atoms with Gasteiger partial charge in [0.15, 0.2) is 0 Å². The van der Waals surface area contributed by atoms with Gasteiger partial charge in [-0.2, -0.15) is 13.2 Å². The molecule has 6 heteroatoms. The summed E-state index contributed by atoms with van der Waals surface area (Å²) in [7, 11) is 0. The minimum Gasteiger partial charge on any atom is -0.313 e. The summed E-state index contributed by atoms with van der Waals surface area (Å²) in [5.41, 5.74) is 2.05. The van der Waals surface area contributed by atoms with Gasteiger partial charge in [0.25, 0.3) is 0 Å². The van der Waals surface area contributed by atoms with Crippen LogP contribution in [-0.2, 0) is 6.54 Å². The molecule has 1 heterocycles. The third-order valence-corrected chi connectivity index (χ3v) is 2.88. The standard InChI is InChI=1S/C14H16F3N3/c15-14(16,17)6-1-7-18-10-12-2-4-13(5-3-12)20-9-8-19-11-20/h2-5,8-9,11,18H,1,6-7,10H2. The van der Waals surface area contributed by atoms with Gasteiger partial charge in [0.1, 0.15) is 0 Å². The Bertz CT molecular complexity index is 503. The number of aromatic nitrogens is 2. The summed E-state index contributed by atoms with van der Waals surface area (Å²) < 4.78 is 37.7. The molecular formula is C14H16F3N3. The van der Waals surface area contributed by atoms with Crippen LogP contribution in [0.4, 0.5) is 13.2 Å². The van der Waals surface area contributed by atoms with Crippen molar-refractivity contribution in [3.05, 3.63) is 48.5 Å². The van der Waals surface area contributed by atoms with Crippen LogP contribution < -0.4 is 5.32 Å². The number of halogens is 3. The molecule has 0 atom stereocenters. The Hall–Kier alpha value is -1.82. The maximum Gasteiger partial charge on any atom is 0.389 e. The molecule has 0 fully saturated rings. The van der Waals surface area contributed by atoms with Crippen LogP contribution in [0.1, 0.15) is 18.4 Å². The van der Waals surface area contributed by atoms with Crippen molar-refractivity contribution >= 4 is 0 Å². The minimum absolute atomic E-state index is 0.108. The van der Waals surface area contributed by atoms with Crippen molar-refractivity contribution in [2.45, 2.75) is 25.6 Å². The summed E-state index contributed by atoms with van der Waals surface area (Å²) in [6.45, 7) is 0.935. The third kappa shape index (κ3) is 4.70. The predicted molar refractivity (Wildman–Crippen MR) is 70.6 cm³/mol. The fourth-order valence-electron chi connectivity index (χ4n) is 1.84. The molecule has 0 aliphatic heterocycles. The number of imidazole rings is 1. The zero-order valence-corrected chi connectivity index (χ0v) is 10.9. The van der Waals surface area contributed by atoms with E-state index in [1.165, 1.54) is 0 Å². The molecule has 3 nitrogen and oxygen atoms in total. The van der Waals surface area contributed by atoms with Crippen molar-refractivity contribution in [1.82, 2.24) is 14.9 Å². The molecule has 0 unspecified atom stereocenters. The third-order valence-electron chi connectivity index (χ3n) is 2.88. The highest BCUT2D eigenvalue weighted by Crippen LogP contribution is 2.20. The largest absolute Gasteiger partial charge is 0.389 e. The van der Waals surface area contributed by atoms with E-state index in [4.69, 9.17) is 0 Å². The number of hydrogen-bond donors (Lipinski definition) is 1. The van der Waals surface area contributed by atoms with Gasteiger partial charge >= 0.3 is 6.18 Å². The maximum atomic E-state index is 11.9. The van der Waals surface area contributed by atoms with Crippen molar-refractivity contribution in [1.29, 1.82) is 0 Å². The van der Waals surface area contributed by atoms with Crippen LogP contribution >= 0.6 is 0 Å². The van der Waals surface area contributed by atoms with E-state index in [9.17, 15) is 13.2 Å². The van der Waals surface area contributed by atoms with Gasteiger partial charge in [0.2, 0.25) is 0 Å². The first-order valence-electron chi connectivity index (χ1n) is 6.39. The summed E-state index contributed by atoms with van der Waals surface area (Å²) >= 11 is 0. The second-order valence-corrected chi connectivity index (χ2v) is 4.53. The van der Waals surface area contributed by atoms with Crippen LogP contribution in [0.2, 0.25) is 0 Å². The Morgan fingerprint density at radius 2 is 1.90 bits per heavy atom. The van der Waals surface area contributed by atoms with Gasteiger partial charge in [-0.25, -0.2) is 4.98 Å². The molecule has 0 aliphatic rings. The Labute approximate surface area is 115 Å². The Balaban J connectivity index is 1.74. The first-order chi connectivity index (χ1) is 9.54. The highest BCUT2D eigenvalue weighted by molar-refractivity contribution is 5.34. The van der Waals surface area contributed by atoms with Gasteiger partial charge < -0.3 is 9.88 Å². The lowest BCUT2D eigenvalue weighted by atomic mass is 10.2. The highest BCUT2D eigenvalue weighted by atomic mass is 19.4. The van der Waals surface area contributed by atoms with Gasteiger partial charge in [-0.3, -0.25) is 0 Å². The van der Waals surface area contributed by atoms with E-state index < -0.39 is 12.6 Å². The number of nitrogens with one attached hydrogen (secondary N) is 1. The topological polar surface area (TPSA) is 29.9 Å². The Morgan fingerprint density at radius 1 is 1.15 bits per heavy atom. The number of nitrogens with zero attached hydrogens (tertiary/aromatic N) is 2. The van der Waals surface area contributed by atoms with Crippen molar-refractivity contribution in [2.75, 3.05) is 6.54 Å². The number of benzene rings is 1. The summed E-state index contributed by atoms with van der Waals surface area (Å²) in [5.74, 6) is 0. The molecule has 2 aromatic rings. The summed E-state index contributed by atoms with van der Waals surface area (Å²) in [5, 5.41) is 3.01. The lowest BCUT2D eigenvalue weighted by Gasteiger charge is -2.08. The molecule has 2 rings (SSSR count). The molecule has 20 heavy (non-hydrogen) atoms. The van der Waals surface area contributed by atoms with Crippen molar-refractivity contribution in [3.63, 3.8) is 0 Å². The second kappa shape index (κ2) is 6.56. The Kier molecular flexibility index (Phi) is 4.79. The first-order valence-corrected chi connectivity index (χ1v) is 6.39. The van der Waals surface area contributed by atoms with Crippen LogP contribution in [0.3, 0.4) is 0 Å². The lowest BCUT2D eigenvalue weighted by Crippen LogP contribution is -2.17. The van der Waals surface area contributed by atoms with E-state index >= 15 is 0 Å². The normalized spacial score (nSPS) is 11.8. The van der Waals surface area contributed by atoms with Gasteiger partial charge in [-0.15, -0.1) is 0 Å². The molecule has 1 N–H and O–H groups in total. The minimum atomic E-state index is -4.06. The average molecular weight is 283 g/mol.